The minimum atomic E-state index is -1.15. The summed E-state index contributed by atoms with van der Waals surface area (Å²) < 4.78 is 0. The Labute approximate surface area is 257 Å². The van der Waals surface area contributed by atoms with Gasteiger partial charge < -0.3 is 32.1 Å². The van der Waals surface area contributed by atoms with Crippen LogP contribution in [0.5, 0.6) is 0 Å². The zero-order valence-corrected chi connectivity index (χ0v) is 25.7. The molecule has 43 heavy (non-hydrogen) atoms. The zero-order chi connectivity index (χ0) is 31.8. The minimum Gasteiger partial charge on any atom is -0.480 e. The Bertz CT molecular complexity index is 1200. The van der Waals surface area contributed by atoms with Crippen molar-refractivity contribution in [2.45, 2.75) is 63.7 Å². The Morgan fingerprint density at radius 3 is 1.86 bits per heavy atom. The zero-order valence-electron chi connectivity index (χ0n) is 24.9. The average molecular weight is 614 g/mol. The van der Waals surface area contributed by atoms with Crippen molar-refractivity contribution in [3.63, 3.8) is 0 Å². The molecule has 0 aliphatic carbocycles. The molecule has 4 atom stereocenters. The largest absolute Gasteiger partial charge is 0.480 e. The third-order valence-corrected chi connectivity index (χ3v) is 7.20. The molecular formula is C31H43N5O6S. The normalized spacial score (nSPS) is 13.7. The number of nitrogens with one attached hydrogen (secondary N) is 4. The summed E-state index contributed by atoms with van der Waals surface area (Å²) >= 11 is 1.46. The number of thioether (sulfide) groups is 1. The average Bonchev–Trinajstić information content (AvgIpc) is 2.97. The van der Waals surface area contributed by atoms with Gasteiger partial charge in [-0.1, -0.05) is 74.5 Å². The smallest absolute Gasteiger partial charge is 0.326 e. The van der Waals surface area contributed by atoms with Crippen LogP contribution < -0.4 is 27.0 Å². The summed E-state index contributed by atoms with van der Waals surface area (Å²) in [4.78, 5) is 63.5. The third kappa shape index (κ3) is 13.3. The van der Waals surface area contributed by atoms with E-state index in [1.54, 1.807) is 0 Å². The van der Waals surface area contributed by atoms with Gasteiger partial charge in [0.05, 0.1) is 12.6 Å². The lowest BCUT2D eigenvalue weighted by Crippen LogP contribution is -2.56. The number of carboxylic acids is 1. The lowest BCUT2D eigenvalue weighted by atomic mass is 10.0. The fourth-order valence-electron chi connectivity index (χ4n) is 4.30. The van der Waals surface area contributed by atoms with Crippen LogP contribution >= 0.6 is 11.8 Å². The standard InChI is InChI=1S/C31H43N5O6S/c1-20(2)16-25(30(40)35-24(31(41)42)14-15-43-3)34-27(37)19-33-29(39)26(18-22-12-8-5-9-13-22)36-28(38)23(32)17-21-10-6-4-7-11-21/h4-13,20,23-26H,14-19,32H2,1-3H3,(H,33,39)(H,34,37)(H,35,40)(H,36,38)(H,41,42). The Kier molecular flexibility index (Phi) is 15.3. The molecule has 7 N–H and O–H groups in total. The van der Waals surface area contributed by atoms with E-state index >= 15 is 0 Å². The Balaban J connectivity index is 2.05. The first-order chi connectivity index (χ1) is 20.5. The van der Waals surface area contributed by atoms with E-state index in [9.17, 15) is 29.1 Å². The number of carbonyl (C=O) groups excluding carboxylic acids is 4. The van der Waals surface area contributed by atoms with Crippen molar-refractivity contribution in [3.8, 4) is 0 Å². The van der Waals surface area contributed by atoms with Gasteiger partial charge in [0.2, 0.25) is 23.6 Å². The first kappa shape index (κ1) is 35.3. The highest BCUT2D eigenvalue weighted by atomic mass is 32.2. The van der Waals surface area contributed by atoms with Gasteiger partial charge in [-0.3, -0.25) is 19.2 Å². The van der Waals surface area contributed by atoms with E-state index in [1.165, 1.54) is 11.8 Å². The molecule has 0 bridgehead atoms. The van der Waals surface area contributed by atoms with Crippen LogP contribution in [0.3, 0.4) is 0 Å². The molecule has 0 heterocycles. The van der Waals surface area contributed by atoms with Crippen molar-refractivity contribution in [1.82, 2.24) is 21.3 Å². The van der Waals surface area contributed by atoms with E-state index in [2.05, 4.69) is 21.3 Å². The Hall–Kier alpha value is -3.90. The molecule has 0 fully saturated rings. The maximum atomic E-state index is 13.2. The molecule has 2 rings (SSSR count). The van der Waals surface area contributed by atoms with Crippen molar-refractivity contribution in [3.05, 3.63) is 71.8 Å². The van der Waals surface area contributed by atoms with Crippen LogP contribution in [0.1, 0.15) is 37.8 Å². The first-order valence-electron chi connectivity index (χ1n) is 14.2. The molecule has 4 amide bonds. The molecule has 0 spiro atoms. The molecule has 0 aromatic heterocycles. The van der Waals surface area contributed by atoms with Crippen molar-refractivity contribution < 1.29 is 29.1 Å². The summed E-state index contributed by atoms with van der Waals surface area (Å²) in [6.07, 6.45) is 2.81. The Morgan fingerprint density at radius 1 is 0.767 bits per heavy atom. The molecule has 11 nitrogen and oxygen atoms in total. The number of hydrogen-bond acceptors (Lipinski definition) is 7. The van der Waals surface area contributed by atoms with Gasteiger partial charge in [-0.05, 0) is 48.3 Å². The van der Waals surface area contributed by atoms with Gasteiger partial charge in [-0.25, -0.2) is 4.79 Å². The van der Waals surface area contributed by atoms with Crippen LogP contribution in [0.2, 0.25) is 0 Å². The van der Waals surface area contributed by atoms with Gasteiger partial charge in [0.15, 0.2) is 0 Å². The molecule has 0 saturated carbocycles. The fraction of sp³-hybridized carbons (Fsp3) is 0.452. The van der Waals surface area contributed by atoms with Crippen molar-refractivity contribution >= 4 is 41.4 Å². The van der Waals surface area contributed by atoms with Crippen LogP contribution in [0.4, 0.5) is 0 Å². The number of carbonyl (C=O) groups is 5. The SMILES string of the molecule is CSCCC(NC(=O)C(CC(C)C)NC(=O)CNC(=O)C(Cc1ccccc1)NC(=O)C(N)Cc1ccccc1)C(=O)O. The number of aliphatic carboxylic acids is 1. The number of rotatable bonds is 18. The molecule has 2 aromatic carbocycles. The van der Waals surface area contributed by atoms with Crippen LogP contribution in [0, 0.1) is 5.92 Å². The number of carboxylic acid groups (broad SMARTS) is 1. The molecule has 12 heteroatoms. The van der Waals surface area contributed by atoms with Crippen LogP contribution in [-0.2, 0) is 36.8 Å². The van der Waals surface area contributed by atoms with E-state index in [4.69, 9.17) is 5.73 Å². The van der Waals surface area contributed by atoms with E-state index in [0.717, 1.165) is 11.1 Å². The second kappa shape index (κ2) is 18.6. The maximum Gasteiger partial charge on any atom is 0.326 e. The molecule has 4 unspecified atom stereocenters. The molecule has 234 valence electrons. The molecule has 0 radical (unpaired) electrons. The highest BCUT2D eigenvalue weighted by molar-refractivity contribution is 7.98. The highest BCUT2D eigenvalue weighted by Gasteiger charge is 2.28. The van der Waals surface area contributed by atoms with Crippen LogP contribution in [0.25, 0.3) is 0 Å². The van der Waals surface area contributed by atoms with Gasteiger partial charge >= 0.3 is 5.97 Å². The van der Waals surface area contributed by atoms with Gasteiger partial charge in [0.1, 0.15) is 18.1 Å². The van der Waals surface area contributed by atoms with Gasteiger partial charge in [0.25, 0.3) is 0 Å². The van der Waals surface area contributed by atoms with E-state index < -0.39 is 60.3 Å². The number of benzene rings is 2. The molecule has 0 aliphatic rings. The lowest BCUT2D eigenvalue weighted by Gasteiger charge is -2.23. The van der Waals surface area contributed by atoms with E-state index in [0.29, 0.717) is 5.75 Å². The summed E-state index contributed by atoms with van der Waals surface area (Å²) in [5.74, 6) is -2.92. The van der Waals surface area contributed by atoms with Gasteiger partial charge in [0, 0.05) is 6.42 Å². The summed E-state index contributed by atoms with van der Waals surface area (Å²) in [6.45, 7) is 3.29. The fourth-order valence-corrected chi connectivity index (χ4v) is 4.77. The maximum absolute atomic E-state index is 13.2. The van der Waals surface area contributed by atoms with Crippen molar-refractivity contribution in [1.29, 1.82) is 0 Å². The molecule has 0 aliphatic heterocycles. The summed E-state index contributed by atoms with van der Waals surface area (Å²) in [6, 6.07) is 14.4. The second-order valence-corrected chi connectivity index (χ2v) is 11.7. The quantitative estimate of drug-likeness (QED) is 0.145. The molecule has 2 aromatic rings. The number of amides is 4. The second-order valence-electron chi connectivity index (χ2n) is 10.7. The number of nitrogens with two attached hydrogens (primary N) is 1. The van der Waals surface area contributed by atoms with Gasteiger partial charge in [-0.2, -0.15) is 11.8 Å². The lowest BCUT2D eigenvalue weighted by molar-refractivity contribution is -0.142. The van der Waals surface area contributed by atoms with Crippen LogP contribution in [0.15, 0.2) is 60.7 Å². The van der Waals surface area contributed by atoms with Crippen molar-refractivity contribution in [2.24, 2.45) is 11.7 Å². The van der Waals surface area contributed by atoms with Crippen LogP contribution in [-0.4, -0.2) is 77.4 Å². The molecular weight excluding hydrogens is 570 g/mol. The van der Waals surface area contributed by atoms with Crippen molar-refractivity contribution in [2.75, 3.05) is 18.6 Å². The Morgan fingerprint density at radius 2 is 1.33 bits per heavy atom. The molecule has 0 saturated heterocycles. The highest BCUT2D eigenvalue weighted by Crippen LogP contribution is 2.08. The monoisotopic (exact) mass is 613 g/mol. The number of hydrogen-bond donors (Lipinski definition) is 6. The third-order valence-electron chi connectivity index (χ3n) is 6.56. The van der Waals surface area contributed by atoms with E-state index in [1.807, 2.05) is 80.8 Å². The topological polar surface area (TPSA) is 180 Å². The summed E-state index contributed by atoms with van der Waals surface area (Å²) in [5.41, 5.74) is 7.81. The predicted molar refractivity (Wildman–Crippen MR) is 167 cm³/mol. The summed E-state index contributed by atoms with van der Waals surface area (Å²) in [7, 11) is 0. The first-order valence-corrected chi connectivity index (χ1v) is 15.6. The van der Waals surface area contributed by atoms with E-state index in [-0.39, 0.29) is 31.6 Å². The summed E-state index contributed by atoms with van der Waals surface area (Å²) in [5, 5.41) is 19.8. The predicted octanol–water partition coefficient (Wildman–Crippen LogP) is 1.25. The minimum absolute atomic E-state index is 0.0191. The van der Waals surface area contributed by atoms with Gasteiger partial charge in [-0.15, -0.1) is 0 Å².